The summed E-state index contributed by atoms with van der Waals surface area (Å²) in [4.78, 5) is 37.7. The Morgan fingerprint density at radius 3 is 2.19 bits per heavy atom. The van der Waals surface area contributed by atoms with Crippen LogP contribution < -0.4 is 5.32 Å². The fourth-order valence-electron chi connectivity index (χ4n) is 2.98. The lowest BCUT2D eigenvalue weighted by molar-refractivity contribution is -0.147. The summed E-state index contributed by atoms with van der Waals surface area (Å²) in [5.41, 5.74) is 0.686. The third-order valence-corrected chi connectivity index (χ3v) is 4.70. The molecule has 6 nitrogen and oxygen atoms in total. The number of likely N-dealkylation sites (tertiary alicyclic amines) is 1. The number of nitrogens with one attached hydrogen (secondary N) is 1. The van der Waals surface area contributed by atoms with Gasteiger partial charge in [0.15, 0.2) is 0 Å². The van der Waals surface area contributed by atoms with E-state index in [9.17, 15) is 19.5 Å². The molecule has 1 saturated heterocycles. The molecule has 1 aliphatic rings. The fraction of sp³-hybridized carbons (Fsp3) is 0.250. The first kappa shape index (κ1) is 17.7. The zero-order chi connectivity index (χ0) is 18.7. The van der Waals surface area contributed by atoms with Crippen molar-refractivity contribution in [3.8, 4) is 0 Å². The Labute approximate surface area is 151 Å². The number of anilines is 1. The van der Waals surface area contributed by atoms with Crippen molar-refractivity contribution in [1.82, 2.24) is 4.90 Å². The molecule has 134 valence electrons. The molecule has 26 heavy (non-hydrogen) atoms. The third-order valence-electron chi connectivity index (χ3n) is 4.70. The number of hydrogen-bond donors (Lipinski definition) is 2. The van der Waals surface area contributed by atoms with Gasteiger partial charge in [-0.2, -0.15) is 0 Å². The van der Waals surface area contributed by atoms with E-state index in [0.29, 0.717) is 29.8 Å². The van der Waals surface area contributed by atoms with Gasteiger partial charge in [-0.1, -0.05) is 18.2 Å². The Morgan fingerprint density at radius 1 is 1.00 bits per heavy atom. The van der Waals surface area contributed by atoms with Crippen LogP contribution in [0.1, 0.15) is 34.1 Å². The molecule has 1 heterocycles. The van der Waals surface area contributed by atoms with Crippen molar-refractivity contribution in [3.05, 3.63) is 65.7 Å². The number of carbonyl (C=O) groups is 3. The number of benzene rings is 2. The highest BCUT2D eigenvalue weighted by atomic mass is 16.4. The Bertz CT molecular complexity index is 833. The van der Waals surface area contributed by atoms with E-state index in [1.807, 2.05) is 18.2 Å². The van der Waals surface area contributed by atoms with E-state index in [1.165, 1.54) is 0 Å². The van der Waals surface area contributed by atoms with Crippen LogP contribution in [-0.4, -0.2) is 40.9 Å². The molecule has 1 fully saturated rings. The first-order chi connectivity index (χ1) is 12.4. The molecule has 0 bridgehead atoms. The molecular formula is C20H20N2O4. The summed E-state index contributed by atoms with van der Waals surface area (Å²) < 4.78 is 0. The normalized spacial score (nSPS) is 19.2. The summed E-state index contributed by atoms with van der Waals surface area (Å²) in [5.74, 6) is -1.36. The number of carboxylic acid groups (broad SMARTS) is 1. The molecule has 3 rings (SSSR count). The van der Waals surface area contributed by atoms with E-state index in [2.05, 4.69) is 5.32 Å². The number of carbonyl (C=O) groups excluding carboxylic acids is 2. The van der Waals surface area contributed by atoms with Crippen molar-refractivity contribution in [3.63, 3.8) is 0 Å². The standard InChI is InChI=1S/C20H20N2O4/c1-20(19(25)26)11-12-22(13-20)18(24)15-9-7-14(8-10-15)17(23)21-16-5-3-2-4-6-16/h2-10H,11-13H2,1H3,(H,21,23)(H,25,26). The molecule has 0 saturated carbocycles. The predicted octanol–water partition coefficient (Wildman–Crippen LogP) is 2.88. The minimum atomic E-state index is -0.898. The second-order valence-electron chi connectivity index (χ2n) is 6.74. The van der Waals surface area contributed by atoms with Crippen LogP contribution in [0.15, 0.2) is 54.6 Å². The summed E-state index contributed by atoms with van der Waals surface area (Å²) in [6.45, 7) is 2.26. The summed E-state index contributed by atoms with van der Waals surface area (Å²) >= 11 is 0. The Morgan fingerprint density at radius 2 is 1.62 bits per heavy atom. The summed E-state index contributed by atoms with van der Waals surface area (Å²) in [7, 11) is 0. The molecule has 0 radical (unpaired) electrons. The average Bonchev–Trinajstić information content (AvgIpc) is 3.06. The zero-order valence-electron chi connectivity index (χ0n) is 14.4. The van der Waals surface area contributed by atoms with Gasteiger partial charge in [-0.15, -0.1) is 0 Å². The quantitative estimate of drug-likeness (QED) is 0.886. The minimum absolute atomic E-state index is 0.192. The highest BCUT2D eigenvalue weighted by Crippen LogP contribution is 2.31. The fourth-order valence-corrected chi connectivity index (χ4v) is 2.98. The van der Waals surface area contributed by atoms with Crippen molar-refractivity contribution in [2.75, 3.05) is 18.4 Å². The van der Waals surface area contributed by atoms with Gasteiger partial charge >= 0.3 is 5.97 Å². The first-order valence-corrected chi connectivity index (χ1v) is 8.38. The van der Waals surface area contributed by atoms with Gasteiger partial charge < -0.3 is 15.3 Å². The average molecular weight is 352 g/mol. The monoisotopic (exact) mass is 352 g/mol. The van der Waals surface area contributed by atoms with Crippen molar-refractivity contribution < 1.29 is 19.5 Å². The first-order valence-electron chi connectivity index (χ1n) is 8.38. The molecule has 2 amide bonds. The maximum absolute atomic E-state index is 12.6. The number of para-hydroxylation sites is 1. The molecule has 6 heteroatoms. The van der Waals surface area contributed by atoms with Gasteiger partial charge in [0.05, 0.1) is 5.41 Å². The predicted molar refractivity (Wildman–Crippen MR) is 97.1 cm³/mol. The summed E-state index contributed by atoms with van der Waals surface area (Å²) in [6.07, 6.45) is 0.436. The van der Waals surface area contributed by atoms with Gasteiger partial charge in [-0.25, -0.2) is 0 Å². The molecule has 2 N–H and O–H groups in total. The van der Waals surface area contributed by atoms with Gasteiger partial charge in [0.1, 0.15) is 0 Å². The van der Waals surface area contributed by atoms with Crippen molar-refractivity contribution in [1.29, 1.82) is 0 Å². The van der Waals surface area contributed by atoms with Gasteiger partial charge in [0.2, 0.25) is 0 Å². The summed E-state index contributed by atoms with van der Waals surface area (Å²) in [6, 6.07) is 15.5. The Hall–Kier alpha value is -3.15. The molecular weight excluding hydrogens is 332 g/mol. The number of hydrogen-bond acceptors (Lipinski definition) is 3. The summed E-state index contributed by atoms with van der Waals surface area (Å²) in [5, 5.41) is 12.1. The van der Waals surface area contributed by atoms with Crippen molar-refractivity contribution in [2.24, 2.45) is 5.41 Å². The molecule has 1 unspecified atom stereocenters. The van der Waals surface area contributed by atoms with Crippen LogP contribution in [-0.2, 0) is 4.79 Å². The highest BCUT2D eigenvalue weighted by Gasteiger charge is 2.42. The Kier molecular flexibility index (Phi) is 4.75. The molecule has 2 aromatic carbocycles. The van der Waals surface area contributed by atoms with Crippen LogP contribution in [0.2, 0.25) is 0 Å². The number of nitrogens with zero attached hydrogens (tertiary/aromatic N) is 1. The molecule has 0 spiro atoms. The van der Waals surface area contributed by atoms with E-state index in [1.54, 1.807) is 48.2 Å². The van der Waals surface area contributed by atoms with Crippen LogP contribution >= 0.6 is 0 Å². The molecule has 0 aromatic heterocycles. The molecule has 2 aromatic rings. The third kappa shape index (κ3) is 3.59. The van der Waals surface area contributed by atoms with E-state index < -0.39 is 11.4 Å². The van der Waals surface area contributed by atoms with Gasteiger partial charge in [0.25, 0.3) is 11.8 Å². The second-order valence-corrected chi connectivity index (χ2v) is 6.74. The van der Waals surface area contributed by atoms with Crippen LogP contribution in [0.3, 0.4) is 0 Å². The minimum Gasteiger partial charge on any atom is -0.481 e. The van der Waals surface area contributed by atoms with E-state index in [4.69, 9.17) is 0 Å². The van der Waals surface area contributed by atoms with Crippen LogP contribution in [0.5, 0.6) is 0 Å². The van der Waals surface area contributed by atoms with Crippen LogP contribution in [0.25, 0.3) is 0 Å². The topological polar surface area (TPSA) is 86.7 Å². The maximum Gasteiger partial charge on any atom is 0.311 e. The second kappa shape index (κ2) is 7.00. The van der Waals surface area contributed by atoms with E-state index in [-0.39, 0.29) is 18.4 Å². The van der Waals surface area contributed by atoms with E-state index in [0.717, 1.165) is 0 Å². The smallest absolute Gasteiger partial charge is 0.311 e. The van der Waals surface area contributed by atoms with Gasteiger partial charge in [0, 0.05) is 29.9 Å². The van der Waals surface area contributed by atoms with E-state index >= 15 is 0 Å². The molecule has 1 aliphatic heterocycles. The zero-order valence-corrected chi connectivity index (χ0v) is 14.4. The molecule has 1 atom stereocenters. The van der Waals surface area contributed by atoms with Crippen LogP contribution in [0.4, 0.5) is 5.69 Å². The number of amides is 2. The lowest BCUT2D eigenvalue weighted by atomic mass is 9.90. The lowest BCUT2D eigenvalue weighted by Gasteiger charge is -2.20. The largest absolute Gasteiger partial charge is 0.481 e. The SMILES string of the molecule is CC1(C(=O)O)CCN(C(=O)c2ccc(C(=O)Nc3ccccc3)cc2)C1. The van der Waals surface area contributed by atoms with Crippen molar-refractivity contribution in [2.45, 2.75) is 13.3 Å². The van der Waals surface area contributed by atoms with Gasteiger partial charge in [-0.3, -0.25) is 14.4 Å². The lowest BCUT2D eigenvalue weighted by Crippen LogP contribution is -2.34. The number of aliphatic carboxylic acids is 1. The number of carboxylic acids is 1. The number of rotatable bonds is 4. The molecule has 0 aliphatic carbocycles. The Balaban J connectivity index is 1.67. The highest BCUT2D eigenvalue weighted by molar-refractivity contribution is 6.05. The maximum atomic E-state index is 12.6. The van der Waals surface area contributed by atoms with Crippen LogP contribution in [0, 0.1) is 5.41 Å². The van der Waals surface area contributed by atoms with Gasteiger partial charge in [-0.05, 0) is 49.7 Å². The van der Waals surface area contributed by atoms with Crippen molar-refractivity contribution >= 4 is 23.5 Å².